The number of benzene rings is 1. The van der Waals surface area contributed by atoms with E-state index >= 15 is 0 Å². The molecule has 0 unspecified atom stereocenters. The summed E-state index contributed by atoms with van der Waals surface area (Å²) in [6, 6.07) is 3.53. The Kier molecular flexibility index (Phi) is 4.88. The first-order valence-electron chi connectivity index (χ1n) is 4.83. The van der Waals surface area contributed by atoms with Gasteiger partial charge in [-0.25, -0.2) is 0 Å². The van der Waals surface area contributed by atoms with Gasteiger partial charge in [-0.2, -0.15) is 0 Å². The molecule has 0 fully saturated rings. The highest BCUT2D eigenvalue weighted by Gasteiger charge is 2.11. The van der Waals surface area contributed by atoms with Crippen LogP contribution in [0.2, 0.25) is 0 Å². The second-order valence-electron chi connectivity index (χ2n) is 3.07. The van der Waals surface area contributed by atoms with Crippen molar-refractivity contribution < 1.29 is 18.9 Å². The minimum absolute atomic E-state index is 0.154. The standard InChI is InChI=1S/C11H17NO4/c1-13-7-16-11-5-9(14-2)8(6-12)4-10(11)15-3/h4-5H,6-7,12H2,1-3H3. The van der Waals surface area contributed by atoms with Gasteiger partial charge in [0.2, 0.25) is 0 Å². The Labute approximate surface area is 95.1 Å². The maximum atomic E-state index is 5.60. The minimum atomic E-state index is 0.154. The molecule has 0 bridgehead atoms. The molecule has 16 heavy (non-hydrogen) atoms. The lowest BCUT2D eigenvalue weighted by Crippen LogP contribution is -2.04. The molecule has 0 aliphatic heterocycles. The Morgan fingerprint density at radius 2 is 1.69 bits per heavy atom. The molecule has 2 N–H and O–H groups in total. The predicted octanol–water partition coefficient (Wildman–Crippen LogP) is 1.15. The van der Waals surface area contributed by atoms with Crippen LogP contribution >= 0.6 is 0 Å². The molecule has 0 aromatic heterocycles. The van der Waals surface area contributed by atoms with Gasteiger partial charge in [0.05, 0.1) is 14.2 Å². The summed E-state index contributed by atoms with van der Waals surface area (Å²) in [7, 11) is 4.71. The molecule has 0 radical (unpaired) electrons. The molecule has 0 aliphatic carbocycles. The summed E-state index contributed by atoms with van der Waals surface area (Å²) in [5, 5.41) is 0. The van der Waals surface area contributed by atoms with Crippen LogP contribution in [0.15, 0.2) is 12.1 Å². The highest BCUT2D eigenvalue weighted by molar-refractivity contribution is 5.50. The number of hydrogen-bond acceptors (Lipinski definition) is 5. The fraction of sp³-hybridized carbons (Fsp3) is 0.455. The summed E-state index contributed by atoms with van der Waals surface area (Å²) < 4.78 is 20.6. The van der Waals surface area contributed by atoms with Crippen molar-refractivity contribution in [3.8, 4) is 17.2 Å². The second kappa shape index (κ2) is 6.19. The lowest BCUT2D eigenvalue weighted by Gasteiger charge is -2.14. The van der Waals surface area contributed by atoms with E-state index in [2.05, 4.69) is 0 Å². The van der Waals surface area contributed by atoms with E-state index in [0.29, 0.717) is 23.8 Å². The van der Waals surface area contributed by atoms with Crippen molar-refractivity contribution >= 4 is 0 Å². The van der Waals surface area contributed by atoms with Crippen molar-refractivity contribution in [1.82, 2.24) is 0 Å². The van der Waals surface area contributed by atoms with Gasteiger partial charge < -0.3 is 24.7 Å². The van der Waals surface area contributed by atoms with E-state index < -0.39 is 0 Å². The fourth-order valence-corrected chi connectivity index (χ4v) is 1.33. The zero-order valence-corrected chi connectivity index (χ0v) is 9.78. The number of methoxy groups -OCH3 is 3. The van der Waals surface area contributed by atoms with Crippen molar-refractivity contribution in [3.05, 3.63) is 17.7 Å². The van der Waals surface area contributed by atoms with E-state index in [4.69, 9.17) is 24.7 Å². The lowest BCUT2D eigenvalue weighted by molar-refractivity contribution is 0.0490. The van der Waals surface area contributed by atoms with Gasteiger partial charge >= 0.3 is 0 Å². The second-order valence-corrected chi connectivity index (χ2v) is 3.07. The molecule has 5 heteroatoms. The Bertz CT molecular complexity index is 341. The summed E-state index contributed by atoms with van der Waals surface area (Å²) in [6.07, 6.45) is 0. The van der Waals surface area contributed by atoms with Crippen LogP contribution in [0.25, 0.3) is 0 Å². The smallest absolute Gasteiger partial charge is 0.188 e. The van der Waals surface area contributed by atoms with Crippen molar-refractivity contribution in [3.63, 3.8) is 0 Å². The SMILES string of the molecule is COCOc1cc(OC)c(CN)cc1OC. The molecule has 0 saturated carbocycles. The molecule has 0 aliphatic rings. The largest absolute Gasteiger partial charge is 0.496 e. The third kappa shape index (κ3) is 2.77. The molecule has 0 atom stereocenters. The minimum Gasteiger partial charge on any atom is -0.496 e. The van der Waals surface area contributed by atoms with Crippen molar-refractivity contribution in [2.75, 3.05) is 28.1 Å². The van der Waals surface area contributed by atoms with Crippen LogP contribution in [0.4, 0.5) is 0 Å². The zero-order chi connectivity index (χ0) is 12.0. The van der Waals surface area contributed by atoms with Crippen LogP contribution in [0.3, 0.4) is 0 Å². The van der Waals surface area contributed by atoms with Crippen LogP contribution in [-0.4, -0.2) is 28.1 Å². The van der Waals surface area contributed by atoms with E-state index in [0.717, 1.165) is 5.56 Å². The van der Waals surface area contributed by atoms with Gasteiger partial charge in [-0.3, -0.25) is 0 Å². The van der Waals surface area contributed by atoms with Crippen LogP contribution in [0, 0.1) is 0 Å². The third-order valence-electron chi connectivity index (χ3n) is 2.12. The average Bonchev–Trinajstić information content (AvgIpc) is 2.35. The van der Waals surface area contributed by atoms with E-state index in [1.54, 1.807) is 33.5 Å². The molecule has 1 rings (SSSR count). The molecule has 1 aromatic carbocycles. The molecule has 0 heterocycles. The fourth-order valence-electron chi connectivity index (χ4n) is 1.33. The number of rotatable bonds is 6. The van der Waals surface area contributed by atoms with E-state index in [-0.39, 0.29) is 6.79 Å². The van der Waals surface area contributed by atoms with Crippen LogP contribution < -0.4 is 19.9 Å². The van der Waals surface area contributed by atoms with Gasteiger partial charge in [0.15, 0.2) is 18.3 Å². The summed E-state index contributed by atoms with van der Waals surface area (Å²) in [5.74, 6) is 1.85. The van der Waals surface area contributed by atoms with Crippen LogP contribution in [0.1, 0.15) is 5.56 Å². The molecule has 0 amide bonds. The Balaban J connectivity index is 3.05. The highest BCUT2D eigenvalue weighted by Crippen LogP contribution is 2.34. The monoisotopic (exact) mass is 227 g/mol. The lowest BCUT2D eigenvalue weighted by atomic mass is 10.1. The van der Waals surface area contributed by atoms with Crippen molar-refractivity contribution in [1.29, 1.82) is 0 Å². The average molecular weight is 227 g/mol. The summed E-state index contributed by atoms with van der Waals surface area (Å²) in [5.41, 5.74) is 6.46. The van der Waals surface area contributed by atoms with E-state index in [1.165, 1.54) is 0 Å². The quantitative estimate of drug-likeness (QED) is 0.738. The Hall–Kier alpha value is -1.46. The molecule has 0 saturated heterocycles. The number of nitrogens with two attached hydrogens (primary N) is 1. The van der Waals surface area contributed by atoms with Gasteiger partial charge in [-0.05, 0) is 6.07 Å². The highest BCUT2D eigenvalue weighted by atomic mass is 16.7. The van der Waals surface area contributed by atoms with Crippen molar-refractivity contribution in [2.24, 2.45) is 5.73 Å². The topological polar surface area (TPSA) is 62.9 Å². The predicted molar refractivity (Wildman–Crippen MR) is 59.9 cm³/mol. The molecule has 90 valence electrons. The van der Waals surface area contributed by atoms with Crippen LogP contribution in [0.5, 0.6) is 17.2 Å². The first-order valence-corrected chi connectivity index (χ1v) is 4.83. The third-order valence-corrected chi connectivity index (χ3v) is 2.12. The number of ether oxygens (including phenoxy) is 4. The molecular formula is C11H17NO4. The normalized spacial score (nSPS) is 10.0. The Morgan fingerprint density at radius 1 is 1.00 bits per heavy atom. The van der Waals surface area contributed by atoms with Crippen molar-refractivity contribution in [2.45, 2.75) is 6.54 Å². The summed E-state index contributed by atoms with van der Waals surface area (Å²) in [6.45, 7) is 0.533. The van der Waals surface area contributed by atoms with Gasteiger partial charge in [0, 0.05) is 25.3 Å². The molecule has 5 nitrogen and oxygen atoms in total. The van der Waals surface area contributed by atoms with Gasteiger partial charge in [0.1, 0.15) is 5.75 Å². The Morgan fingerprint density at radius 3 is 2.19 bits per heavy atom. The molecule has 1 aromatic rings. The summed E-state index contributed by atoms with van der Waals surface area (Å²) in [4.78, 5) is 0. The number of hydrogen-bond donors (Lipinski definition) is 1. The van der Waals surface area contributed by atoms with E-state index in [9.17, 15) is 0 Å². The molecular weight excluding hydrogens is 210 g/mol. The zero-order valence-electron chi connectivity index (χ0n) is 9.78. The van der Waals surface area contributed by atoms with Crippen LogP contribution in [-0.2, 0) is 11.3 Å². The first kappa shape index (κ1) is 12.6. The van der Waals surface area contributed by atoms with Gasteiger partial charge in [0.25, 0.3) is 0 Å². The summed E-state index contributed by atoms with van der Waals surface area (Å²) >= 11 is 0. The maximum absolute atomic E-state index is 5.60. The van der Waals surface area contributed by atoms with Gasteiger partial charge in [-0.1, -0.05) is 0 Å². The van der Waals surface area contributed by atoms with E-state index in [1.807, 2.05) is 0 Å². The maximum Gasteiger partial charge on any atom is 0.188 e. The first-order chi connectivity index (χ1) is 7.76. The van der Waals surface area contributed by atoms with Gasteiger partial charge in [-0.15, -0.1) is 0 Å². The molecule has 0 spiro atoms.